The number of nitrogens with zero attached hydrogens (tertiary/aromatic N) is 4. The average molecular weight is 994 g/mol. The van der Waals surface area contributed by atoms with Gasteiger partial charge in [-0.25, -0.2) is 0 Å². The predicted octanol–water partition coefficient (Wildman–Crippen LogP) is 16.7. The predicted molar refractivity (Wildman–Crippen MR) is 287 cm³/mol. The first-order valence-corrected chi connectivity index (χ1v) is 27.1. The van der Waals surface area contributed by atoms with E-state index < -0.39 is 11.9 Å². The minimum atomic E-state index is -1.17. The van der Waals surface area contributed by atoms with Crippen molar-refractivity contribution in [1.29, 1.82) is 10.5 Å². The topological polar surface area (TPSA) is 120 Å². The summed E-state index contributed by atoms with van der Waals surface area (Å²) in [4.78, 5) is 4.87. The first-order chi connectivity index (χ1) is 33.6. The highest BCUT2D eigenvalue weighted by molar-refractivity contribution is 6.44. The van der Waals surface area contributed by atoms with Crippen LogP contribution in [0.5, 0.6) is 34.5 Å². The molecule has 384 valence electrons. The zero-order valence-electron chi connectivity index (χ0n) is 43.7. The van der Waals surface area contributed by atoms with Gasteiger partial charge in [0.2, 0.25) is 0 Å². The van der Waals surface area contributed by atoms with E-state index in [9.17, 15) is 15.6 Å². The summed E-state index contributed by atoms with van der Waals surface area (Å²) in [6.07, 6.45) is 27.4. The third-order valence-corrected chi connectivity index (χ3v) is 14.0. The van der Waals surface area contributed by atoms with Gasteiger partial charge >= 0.3 is 0 Å². The van der Waals surface area contributed by atoms with Gasteiger partial charge in [0, 0.05) is 61.8 Å². The van der Waals surface area contributed by atoms with E-state index >= 15 is 0 Å². The Kier molecular flexibility index (Phi) is 29.1. The number of benzene rings is 3. The number of rotatable bonds is 38. The molecule has 0 aliphatic rings. The molecule has 0 unspecified atom stereocenters. The van der Waals surface area contributed by atoms with Crippen molar-refractivity contribution in [2.24, 2.45) is 0 Å². The van der Waals surface area contributed by atoms with Gasteiger partial charge in [-0.3, -0.25) is 0 Å². The van der Waals surface area contributed by atoms with Crippen molar-refractivity contribution in [3.05, 3.63) is 56.6 Å². The lowest BCUT2D eigenvalue weighted by molar-refractivity contribution is 0.221. The first kappa shape index (κ1) is 58.9. The normalized spacial score (nSPS) is 11.1. The van der Waals surface area contributed by atoms with Crippen molar-refractivity contribution in [3.63, 3.8) is 0 Å². The highest BCUT2D eigenvalue weighted by Gasteiger charge is 2.35. The number of hydrogen-bond donors (Lipinski definition) is 1. The van der Waals surface area contributed by atoms with Crippen LogP contribution in [0.25, 0.3) is 0 Å². The van der Waals surface area contributed by atoms with Gasteiger partial charge in [-0.15, -0.1) is 0 Å². The van der Waals surface area contributed by atoms with Gasteiger partial charge in [0.25, 0.3) is 0 Å². The summed E-state index contributed by atoms with van der Waals surface area (Å²) in [7, 11) is 6.46. The molecule has 0 bridgehead atoms. The fraction of sp³-hybridized carbons (Fsp3) is 0.649. The van der Waals surface area contributed by atoms with Crippen molar-refractivity contribution in [1.82, 2.24) is 0 Å². The zero-order chi connectivity index (χ0) is 50.4. The molecule has 0 saturated heterocycles. The summed E-state index contributed by atoms with van der Waals surface area (Å²) >= 11 is 13.5. The van der Waals surface area contributed by atoms with Crippen LogP contribution in [0.1, 0.15) is 210 Å². The van der Waals surface area contributed by atoms with Crippen molar-refractivity contribution in [2.45, 2.75) is 188 Å². The molecule has 0 amide bonds. The van der Waals surface area contributed by atoms with Crippen molar-refractivity contribution in [3.8, 4) is 46.6 Å². The van der Waals surface area contributed by atoms with Crippen molar-refractivity contribution >= 4 is 34.6 Å². The highest BCUT2D eigenvalue weighted by Crippen LogP contribution is 2.52. The van der Waals surface area contributed by atoms with Crippen LogP contribution < -0.4 is 33.5 Å². The SMILES string of the molecule is CCCCCCCCN(CCCCCCCC)c1cc(OC)c(C(Oc2c(Cl)c(Cl)c(O)c(C#N)c2C#N)c2c(OC)cc(N(CCCCCCCC)CCCCCCCC)cc2OC)c(OC)c1. The molecule has 10 nitrogen and oxygen atoms in total. The third kappa shape index (κ3) is 18.1. The summed E-state index contributed by atoms with van der Waals surface area (Å²) < 4.78 is 32.2. The molecule has 3 aromatic rings. The quantitative estimate of drug-likeness (QED) is 0.0556. The van der Waals surface area contributed by atoms with E-state index in [4.69, 9.17) is 46.9 Å². The molecule has 0 atom stereocenters. The molecule has 3 aromatic carbocycles. The molecule has 0 heterocycles. The number of unbranched alkanes of at least 4 members (excludes halogenated alkanes) is 20. The van der Waals surface area contributed by atoms with E-state index in [1.54, 1.807) is 28.4 Å². The molecule has 0 aromatic heterocycles. The first-order valence-electron chi connectivity index (χ1n) is 26.4. The summed E-state index contributed by atoms with van der Waals surface area (Å²) in [5.41, 5.74) is 2.24. The molecule has 3 rings (SSSR count). The van der Waals surface area contributed by atoms with Crippen LogP contribution in [0.2, 0.25) is 10.0 Å². The summed E-state index contributed by atoms with van der Waals surface area (Å²) in [5, 5.41) is 31.1. The van der Waals surface area contributed by atoms with Crippen molar-refractivity contribution < 1.29 is 28.8 Å². The maximum atomic E-state index is 10.9. The van der Waals surface area contributed by atoms with Gasteiger partial charge < -0.3 is 38.6 Å². The van der Waals surface area contributed by atoms with Crippen LogP contribution in [0.3, 0.4) is 0 Å². The molecule has 1 N–H and O–H groups in total. The number of phenols is 1. The Bertz CT molecular complexity index is 1860. The molecule has 0 aliphatic carbocycles. The van der Waals surface area contributed by atoms with Gasteiger partial charge in [-0.1, -0.05) is 179 Å². The monoisotopic (exact) mass is 993 g/mol. The lowest BCUT2D eigenvalue weighted by atomic mass is 9.95. The number of anilines is 2. The summed E-state index contributed by atoms with van der Waals surface area (Å²) in [6.45, 7) is 12.5. The van der Waals surface area contributed by atoms with E-state index in [0.717, 1.165) is 88.9 Å². The Morgan fingerprint density at radius 3 is 1.03 bits per heavy atom. The third-order valence-electron chi connectivity index (χ3n) is 13.2. The highest BCUT2D eigenvalue weighted by atomic mass is 35.5. The smallest absolute Gasteiger partial charge is 0.163 e. The van der Waals surface area contributed by atoms with Gasteiger partial charge in [-0.05, 0) is 25.7 Å². The van der Waals surface area contributed by atoms with Crippen LogP contribution in [0, 0.1) is 22.7 Å². The fourth-order valence-electron chi connectivity index (χ4n) is 9.17. The van der Waals surface area contributed by atoms with Gasteiger partial charge in [0.1, 0.15) is 56.3 Å². The lowest BCUT2D eigenvalue weighted by Crippen LogP contribution is -2.26. The zero-order valence-corrected chi connectivity index (χ0v) is 45.2. The fourth-order valence-corrected chi connectivity index (χ4v) is 9.57. The maximum absolute atomic E-state index is 10.9. The van der Waals surface area contributed by atoms with E-state index in [1.807, 2.05) is 36.4 Å². The van der Waals surface area contributed by atoms with E-state index in [2.05, 4.69) is 37.5 Å². The molecule has 0 fully saturated rings. The summed E-state index contributed by atoms with van der Waals surface area (Å²) in [5.74, 6) is 1.07. The maximum Gasteiger partial charge on any atom is 0.163 e. The Hall–Kier alpha value is -4.38. The number of halogens is 2. The molecule has 0 radical (unpaired) electrons. The van der Waals surface area contributed by atoms with Crippen LogP contribution >= 0.6 is 23.2 Å². The average Bonchev–Trinajstić information content (AvgIpc) is 3.37. The van der Waals surface area contributed by atoms with E-state index in [-0.39, 0.29) is 26.9 Å². The van der Waals surface area contributed by atoms with Crippen LogP contribution in [-0.2, 0) is 0 Å². The largest absolute Gasteiger partial charge is 0.505 e. The number of hydrogen-bond acceptors (Lipinski definition) is 10. The Balaban J connectivity index is 2.32. The molecular formula is C57H86Cl2N4O6. The number of phenolic OH excluding ortho intramolecular Hbond substituents is 1. The molecule has 0 spiro atoms. The lowest BCUT2D eigenvalue weighted by Gasteiger charge is -2.31. The second-order valence-electron chi connectivity index (χ2n) is 18.4. The number of methoxy groups -OCH3 is 4. The molecular weight excluding hydrogens is 908 g/mol. The molecule has 12 heteroatoms. The molecule has 69 heavy (non-hydrogen) atoms. The van der Waals surface area contributed by atoms with Crippen LogP contribution in [0.15, 0.2) is 24.3 Å². The van der Waals surface area contributed by atoms with E-state index in [0.29, 0.717) is 34.1 Å². The number of aromatic hydroxyl groups is 1. The minimum absolute atomic E-state index is 0.189. The van der Waals surface area contributed by atoms with E-state index in [1.165, 1.54) is 103 Å². The minimum Gasteiger partial charge on any atom is -0.505 e. The number of nitriles is 2. The van der Waals surface area contributed by atoms with Gasteiger partial charge in [-0.2, -0.15) is 10.5 Å². The molecule has 0 saturated carbocycles. The Morgan fingerprint density at radius 2 is 0.754 bits per heavy atom. The van der Waals surface area contributed by atoms with Crippen LogP contribution in [0.4, 0.5) is 11.4 Å². The van der Waals surface area contributed by atoms with Crippen molar-refractivity contribution in [2.75, 3.05) is 64.4 Å². The summed E-state index contributed by atoms with van der Waals surface area (Å²) in [6, 6.07) is 12.1. The second-order valence-corrected chi connectivity index (χ2v) is 19.1. The second kappa shape index (κ2) is 34.0. The van der Waals surface area contributed by atoms with Gasteiger partial charge in [0.05, 0.1) is 39.6 Å². The van der Waals surface area contributed by atoms with Gasteiger partial charge in [0.15, 0.2) is 17.6 Å². The molecule has 0 aliphatic heterocycles. The standard InChI is InChI=1S/C57H86Cl2N4O6/c1-9-13-17-21-25-29-33-62(34-30-26-22-18-14-10-2)43-37-47(65-5)51(48(38-43)66-6)57(69-56-46(42-61)45(41-60)55(64)53(58)54(56)59)52-49(67-7)39-44(40-50(52)68-8)63(35-31-27-23-19-15-11-3)36-32-28-24-20-16-12-4/h37-40,57,64H,9-36H2,1-8H3. The number of ether oxygens (including phenoxy) is 5. The Labute approximate surface area is 427 Å². The van der Waals surface area contributed by atoms with Crippen LogP contribution in [-0.4, -0.2) is 59.7 Å². The Morgan fingerprint density at radius 1 is 0.464 bits per heavy atom.